The Kier molecular flexibility index (Phi) is 3.19. The Morgan fingerprint density at radius 2 is 2.24 bits per heavy atom. The predicted octanol–water partition coefficient (Wildman–Crippen LogP) is 0.361. The van der Waals surface area contributed by atoms with Crippen LogP contribution in [0.2, 0.25) is 0 Å². The number of furan rings is 1. The molecule has 0 bridgehead atoms. The first-order chi connectivity index (χ1) is 10.00. The number of carboxylic acid groups (broad SMARTS) is 1. The number of nitrogens with zero attached hydrogens (tertiary/aromatic N) is 1. The van der Waals surface area contributed by atoms with E-state index in [1.165, 1.54) is 6.26 Å². The third-order valence-electron chi connectivity index (χ3n) is 4.03. The molecule has 7 nitrogen and oxygen atoms in total. The lowest BCUT2D eigenvalue weighted by Crippen LogP contribution is -2.46. The highest BCUT2D eigenvalue weighted by Gasteiger charge is 2.52. The van der Waals surface area contributed by atoms with Crippen molar-refractivity contribution in [1.82, 2.24) is 10.2 Å². The number of hydrogen-bond donors (Lipinski definition) is 2. The van der Waals surface area contributed by atoms with Crippen LogP contribution in [0, 0.1) is 5.92 Å². The summed E-state index contributed by atoms with van der Waals surface area (Å²) >= 11 is 0. The van der Waals surface area contributed by atoms with Crippen LogP contribution >= 0.6 is 0 Å². The topological polar surface area (TPSA) is 99.8 Å². The number of amides is 2. The van der Waals surface area contributed by atoms with Crippen molar-refractivity contribution in [3.05, 3.63) is 24.2 Å². The van der Waals surface area contributed by atoms with E-state index in [0.717, 1.165) is 0 Å². The third-order valence-corrected chi connectivity index (χ3v) is 4.03. The Morgan fingerprint density at radius 3 is 2.81 bits per heavy atom. The zero-order chi connectivity index (χ0) is 15.0. The first-order valence-electron chi connectivity index (χ1n) is 6.86. The fourth-order valence-corrected chi connectivity index (χ4v) is 2.55. The van der Waals surface area contributed by atoms with Crippen LogP contribution in [0.4, 0.5) is 0 Å². The van der Waals surface area contributed by atoms with E-state index in [1.807, 2.05) is 0 Å². The molecule has 2 N–H and O–H groups in total. The number of hydrogen-bond acceptors (Lipinski definition) is 4. The van der Waals surface area contributed by atoms with Gasteiger partial charge in [-0.05, 0) is 25.0 Å². The highest BCUT2D eigenvalue weighted by Crippen LogP contribution is 2.36. The molecule has 21 heavy (non-hydrogen) atoms. The van der Waals surface area contributed by atoms with Gasteiger partial charge in [-0.2, -0.15) is 0 Å². The van der Waals surface area contributed by atoms with Crippen molar-refractivity contribution in [2.45, 2.75) is 31.3 Å². The average molecular weight is 292 g/mol. The van der Waals surface area contributed by atoms with Crippen molar-refractivity contribution < 1.29 is 23.9 Å². The van der Waals surface area contributed by atoms with Crippen LogP contribution in [-0.2, 0) is 20.9 Å². The summed E-state index contributed by atoms with van der Waals surface area (Å²) < 4.78 is 5.19. The predicted molar refractivity (Wildman–Crippen MR) is 70.0 cm³/mol. The number of carbonyl (C=O) groups excluding carboxylic acids is 2. The molecule has 2 heterocycles. The minimum atomic E-state index is -1.10. The van der Waals surface area contributed by atoms with E-state index in [9.17, 15) is 14.4 Å². The van der Waals surface area contributed by atoms with Gasteiger partial charge in [-0.1, -0.05) is 0 Å². The minimum Gasteiger partial charge on any atom is -0.480 e. The van der Waals surface area contributed by atoms with Gasteiger partial charge >= 0.3 is 5.97 Å². The second-order valence-corrected chi connectivity index (χ2v) is 5.63. The molecule has 1 unspecified atom stereocenters. The molecule has 3 rings (SSSR count). The Morgan fingerprint density at radius 1 is 1.48 bits per heavy atom. The summed E-state index contributed by atoms with van der Waals surface area (Å²) in [7, 11) is 0. The zero-order valence-electron chi connectivity index (χ0n) is 11.4. The van der Waals surface area contributed by atoms with Crippen molar-refractivity contribution in [2.75, 3.05) is 6.54 Å². The van der Waals surface area contributed by atoms with Crippen molar-refractivity contribution in [2.24, 2.45) is 5.92 Å². The van der Waals surface area contributed by atoms with Crippen molar-refractivity contribution in [3.63, 3.8) is 0 Å². The summed E-state index contributed by atoms with van der Waals surface area (Å²) in [5.74, 6) is -1.32. The highest BCUT2D eigenvalue weighted by atomic mass is 16.4. The SMILES string of the molecule is O=C(NC1(C(=O)O)CC1)C1CC(=O)N(Cc2ccco2)C1. The van der Waals surface area contributed by atoms with Crippen molar-refractivity contribution in [1.29, 1.82) is 0 Å². The van der Waals surface area contributed by atoms with Crippen LogP contribution in [0.25, 0.3) is 0 Å². The lowest BCUT2D eigenvalue weighted by atomic mass is 10.1. The van der Waals surface area contributed by atoms with Gasteiger partial charge in [-0.15, -0.1) is 0 Å². The van der Waals surface area contributed by atoms with E-state index in [2.05, 4.69) is 5.32 Å². The zero-order valence-corrected chi connectivity index (χ0v) is 11.4. The molecule has 7 heteroatoms. The van der Waals surface area contributed by atoms with E-state index in [-0.39, 0.29) is 18.2 Å². The lowest BCUT2D eigenvalue weighted by Gasteiger charge is -2.17. The quantitative estimate of drug-likeness (QED) is 0.816. The van der Waals surface area contributed by atoms with E-state index >= 15 is 0 Å². The van der Waals surface area contributed by atoms with E-state index in [4.69, 9.17) is 9.52 Å². The molecular formula is C14H16N2O5. The molecule has 1 aliphatic heterocycles. The Labute approximate surface area is 120 Å². The first-order valence-corrected chi connectivity index (χ1v) is 6.86. The molecule has 0 spiro atoms. The summed E-state index contributed by atoms with van der Waals surface area (Å²) in [6.45, 7) is 0.626. The molecule has 2 fully saturated rings. The number of aliphatic carboxylic acids is 1. The van der Waals surface area contributed by atoms with Crippen LogP contribution in [0.5, 0.6) is 0 Å². The smallest absolute Gasteiger partial charge is 0.329 e. The molecule has 1 saturated heterocycles. The van der Waals surface area contributed by atoms with Gasteiger partial charge in [0.25, 0.3) is 0 Å². The maximum Gasteiger partial charge on any atom is 0.329 e. The normalized spacial score (nSPS) is 23.1. The number of carbonyl (C=O) groups is 3. The van der Waals surface area contributed by atoms with E-state index in [1.54, 1.807) is 17.0 Å². The Hall–Kier alpha value is -2.31. The Bertz CT molecular complexity index is 576. The summed E-state index contributed by atoms with van der Waals surface area (Å²) in [5, 5.41) is 11.6. The van der Waals surface area contributed by atoms with Crippen LogP contribution in [0.3, 0.4) is 0 Å². The van der Waals surface area contributed by atoms with Gasteiger partial charge in [0.1, 0.15) is 11.3 Å². The van der Waals surface area contributed by atoms with Crippen LogP contribution < -0.4 is 5.32 Å². The standard InChI is InChI=1S/C14H16N2O5/c17-11-6-9(7-16(11)8-10-2-1-5-21-10)12(18)15-14(3-4-14)13(19)20/h1-2,5,9H,3-4,6-8H2,(H,15,18)(H,19,20). The van der Waals surface area contributed by atoms with Gasteiger partial charge < -0.3 is 19.7 Å². The average Bonchev–Trinajstić information content (AvgIpc) is 2.88. The third kappa shape index (κ3) is 2.63. The molecule has 2 amide bonds. The molecule has 0 aromatic carbocycles. The molecule has 1 saturated carbocycles. The highest BCUT2D eigenvalue weighted by molar-refractivity contribution is 5.94. The van der Waals surface area contributed by atoms with E-state index in [0.29, 0.717) is 31.7 Å². The number of rotatable bonds is 5. The van der Waals surface area contributed by atoms with Gasteiger partial charge in [-0.3, -0.25) is 9.59 Å². The fraction of sp³-hybridized carbons (Fsp3) is 0.500. The Balaban J connectivity index is 1.59. The van der Waals surface area contributed by atoms with Gasteiger partial charge in [0, 0.05) is 13.0 Å². The molecule has 2 aliphatic rings. The minimum absolute atomic E-state index is 0.113. The fourth-order valence-electron chi connectivity index (χ4n) is 2.55. The van der Waals surface area contributed by atoms with Gasteiger partial charge in [0.15, 0.2) is 0 Å². The summed E-state index contributed by atoms with van der Waals surface area (Å²) in [6.07, 6.45) is 2.54. The van der Waals surface area contributed by atoms with Crippen LogP contribution in [0.1, 0.15) is 25.0 Å². The number of nitrogens with one attached hydrogen (secondary N) is 1. The molecular weight excluding hydrogens is 276 g/mol. The first kappa shape index (κ1) is 13.7. The van der Waals surface area contributed by atoms with Crippen LogP contribution in [0.15, 0.2) is 22.8 Å². The van der Waals surface area contributed by atoms with Gasteiger partial charge in [0.05, 0.1) is 18.7 Å². The molecule has 0 radical (unpaired) electrons. The molecule has 1 atom stereocenters. The molecule has 1 aliphatic carbocycles. The van der Waals surface area contributed by atoms with Gasteiger partial charge in [0.2, 0.25) is 11.8 Å². The van der Waals surface area contributed by atoms with Crippen molar-refractivity contribution in [3.8, 4) is 0 Å². The summed E-state index contributed by atoms with van der Waals surface area (Å²) in [6, 6.07) is 3.51. The molecule has 112 valence electrons. The summed E-state index contributed by atoms with van der Waals surface area (Å²) in [5.41, 5.74) is -1.10. The molecule has 1 aromatic rings. The maximum atomic E-state index is 12.1. The van der Waals surface area contributed by atoms with Crippen molar-refractivity contribution >= 4 is 17.8 Å². The second kappa shape index (κ2) is 4.91. The van der Waals surface area contributed by atoms with Crippen LogP contribution in [-0.4, -0.2) is 39.9 Å². The number of carboxylic acids is 1. The van der Waals surface area contributed by atoms with Gasteiger partial charge in [-0.25, -0.2) is 4.79 Å². The monoisotopic (exact) mass is 292 g/mol. The van der Waals surface area contributed by atoms with E-state index < -0.39 is 17.4 Å². The molecule has 1 aromatic heterocycles. The second-order valence-electron chi connectivity index (χ2n) is 5.63. The number of likely N-dealkylation sites (tertiary alicyclic amines) is 1. The lowest BCUT2D eigenvalue weighted by molar-refractivity contribution is -0.143. The largest absolute Gasteiger partial charge is 0.480 e. The maximum absolute atomic E-state index is 12.1. The summed E-state index contributed by atoms with van der Waals surface area (Å²) in [4.78, 5) is 36.7.